The first kappa shape index (κ1) is 14.0. The number of aromatic nitrogens is 2. The Morgan fingerprint density at radius 2 is 1.86 bits per heavy atom. The number of benzene rings is 2. The van der Waals surface area contributed by atoms with Crippen LogP contribution in [0.5, 0.6) is 0 Å². The van der Waals surface area contributed by atoms with Crippen LogP contribution in [0.25, 0.3) is 16.6 Å². The zero-order valence-electron chi connectivity index (χ0n) is 11.4. The van der Waals surface area contributed by atoms with Crippen molar-refractivity contribution < 1.29 is 0 Å². The molecular formula is C16H13ClN2OS. The first-order valence-corrected chi connectivity index (χ1v) is 7.42. The summed E-state index contributed by atoms with van der Waals surface area (Å²) >= 11 is 11.5. The normalized spacial score (nSPS) is 11.0. The van der Waals surface area contributed by atoms with Crippen molar-refractivity contribution >= 4 is 34.7 Å². The third-order valence-corrected chi connectivity index (χ3v) is 4.10. The molecule has 0 fully saturated rings. The molecule has 5 heteroatoms. The summed E-state index contributed by atoms with van der Waals surface area (Å²) in [6, 6.07) is 14.9. The van der Waals surface area contributed by atoms with Gasteiger partial charge in [0, 0.05) is 17.0 Å². The molecule has 0 radical (unpaired) electrons. The van der Waals surface area contributed by atoms with Crippen LogP contribution in [0.2, 0.25) is 5.02 Å². The van der Waals surface area contributed by atoms with E-state index in [1.165, 1.54) is 0 Å². The first-order valence-electron chi connectivity index (χ1n) is 6.64. The quantitative estimate of drug-likeness (QED) is 0.663. The number of halogens is 1. The number of para-hydroxylation sites is 1. The zero-order chi connectivity index (χ0) is 15.0. The molecule has 106 valence electrons. The maximum atomic E-state index is 12.8. The fourth-order valence-electron chi connectivity index (χ4n) is 2.43. The van der Waals surface area contributed by atoms with Gasteiger partial charge in [-0.2, -0.15) is 0 Å². The summed E-state index contributed by atoms with van der Waals surface area (Å²) in [5, 5.41) is 1.43. The van der Waals surface area contributed by atoms with Crippen LogP contribution in [0.15, 0.2) is 53.3 Å². The molecule has 0 atom stereocenters. The van der Waals surface area contributed by atoms with Gasteiger partial charge < -0.3 is 0 Å². The number of hydrogen-bond acceptors (Lipinski definition) is 2. The van der Waals surface area contributed by atoms with Gasteiger partial charge in [0.25, 0.3) is 0 Å². The van der Waals surface area contributed by atoms with Gasteiger partial charge in [0.15, 0.2) is 0 Å². The van der Waals surface area contributed by atoms with Crippen LogP contribution in [0.1, 0.15) is 6.92 Å². The van der Waals surface area contributed by atoms with Crippen molar-refractivity contribution in [3.8, 4) is 5.69 Å². The summed E-state index contributed by atoms with van der Waals surface area (Å²) in [5.41, 5.74) is 1.38. The number of fused-ring (bicyclic) bond motifs is 1. The predicted molar refractivity (Wildman–Crippen MR) is 89.1 cm³/mol. The fourth-order valence-corrected chi connectivity index (χ4v) is 2.98. The van der Waals surface area contributed by atoms with Gasteiger partial charge in [-0.3, -0.25) is 9.13 Å². The van der Waals surface area contributed by atoms with Gasteiger partial charge in [-0.1, -0.05) is 42.0 Å². The molecule has 0 aliphatic rings. The molecule has 0 saturated carbocycles. The van der Waals surface area contributed by atoms with E-state index in [1.807, 2.05) is 43.3 Å². The molecule has 3 nitrogen and oxygen atoms in total. The van der Waals surface area contributed by atoms with Crippen LogP contribution in [0.3, 0.4) is 0 Å². The minimum atomic E-state index is -0.150. The molecule has 3 aromatic rings. The summed E-state index contributed by atoms with van der Waals surface area (Å²) in [6.45, 7) is 2.44. The lowest BCUT2D eigenvalue weighted by Crippen LogP contribution is -2.30. The van der Waals surface area contributed by atoms with E-state index < -0.39 is 0 Å². The van der Waals surface area contributed by atoms with E-state index >= 15 is 0 Å². The Morgan fingerprint density at radius 3 is 2.52 bits per heavy atom. The SMILES string of the molecule is CCn1c(=S)c2ccc(Cl)cc2n(-c2ccccc2)c1=O. The van der Waals surface area contributed by atoms with Crippen molar-refractivity contribution in [2.75, 3.05) is 0 Å². The van der Waals surface area contributed by atoms with Crippen LogP contribution in [0, 0.1) is 4.64 Å². The Labute approximate surface area is 132 Å². The predicted octanol–water partition coefficient (Wildman–Crippen LogP) is 4.19. The molecule has 3 rings (SSSR count). The minimum Gasteiger partial charge on any atom is -0.284 e. The fraction of sp³-hybridized carbons (Fsp3) is 0.125. The molecule has 0 N–H and O–H groups in total. The van der Waals surface area contributed by atoms with E-state index in [1.54, 1.807) is 21.3 Å². The van der Waals surface area contributed by atoms with E-state index in [0.29, 0.717) is 16.2 Å². The molecule has 0 spiro atoms. The summed E-state index contributed by atoms with van der Waals surface area (Å²) in [6.07, 6.45) is 0. The lowest BCUT2D eigenvalue weighted by atomic mass is 10.2. The van der Waals surface area contributed by atoms with E-state index in [9.17, 15) is 4.79 Å². The second kappa shape index (κ2) is 5.47. The average molecular weight is 317 g/mol. The van der Waals surface area contributed by atoms with E-state index in [0.717, 1.165) is 16.6 Å². The highest BCUT2D eigenvalue weighted by Gasteiger charge is 2.11. The first-order chi connectivity index (χ1) is 10.1. The highest BCUT2D eigenvalue weighted by Crippen LogP contribution is 2.21. The van der Waals surface area contributed by atoms with Gasteiger partial charge >= 0.3 is 5.69 Å². The summed E-state index contributed by atoms with van der Waals surface area (Å²) in [7, 11) is 0. The van der Waals surface area contributed by atoms with Gasteiger partial charge in [-0.25, -0.2) is 4.79 Å². The van der Waals surface area contributed by atoms with Gasteiger partial charge in [0.1, 0.15) is 4.64 Å². The minimum absolute atomic E-state index is 0.150. The van der Waals surface area contributed by atoms with Crippen molar-refractivity contribution in [3.05, 3.63) is 68.7 Å². The Kier molecular flexibility index (Phi) is 3.66. The smallest absolute Gasteiger partial charge is 0.284 e. The molecule has 1 heterocycles. The Balaban J connectivity index is 2.56. The molecule has 0 saturated heterocycles. The summed E-state index contributed by atoms with van der Waals surface area (Å²) in [5.74, 6) is 0. The van der Waals surface area contributed by atoms with Gasteiger partial charge in [0.2, 0.25) is 0 Å². The highest BCUT2D eigenvalue weighted by molar-refractivity contribution is 7.71. The van der Waals surface area contributed by atoms with Crippen molar-refractivity contribution in [1.29, 1.82) is 0 Å². The second-order valence-corrected chi connectivity index (χ2v) is 5.49. The molecule has 0 unspecified atom stereocenters. The molecule has 0 amide bonds. The molecule has 0 aliphatic carbocycles. The lowest BCUT2D eigenvalue weighted by molar-refractivity contribution is 0.675. The standard InChI is InChI=1S/C16H13ClN2OS/c1-2-18-15(21)13-9-8-11(17)10-14(13)19(16(18)20)12-6-4-3-5-7-12/h3-10H,2H2,1H3. The van der Waals surface area contributed by atoms with Crippen LogP contribution in [-0.4, -0.2) is 9.13 Å². The third kappa shape index (κ3) is 2.30. The van der Waals surface area contributed by atoms with Crippen LogP contribution in [-0.2, 0) is 6.54 Å². The van der Waals surface area contributed by atoms with Gasteiger partial charge in [-0.05, 0) is 37.3 Å². The Bertz CT molecular complexity index is 929. The van der Waals surface area contributed by atoms with Crippen LogP contribution < -0.4 is 5.69 Å². The Hall–Kier alpha value is -1.91. The largest absolute Gasteiger partial charge is 0.334 e. The third-order valence-electron chi connectivity index (χ3n) is 3.43. The highest BCUT2D eigenvalue weighted by atomic mass is 35.5. The number of nitrogens with zero attached hydrogens (tertiary/aromatic N) is 2. The zero-order valence-corrected chi connectivity index (χ0v) is 13.0. The van der Waals surface area contributed by atoms with Crippen LogP contribution in [0.4, 0.5) is 0 Å². The molecule has 21 heavy (non-hydrogen) atoms. The second-order valence-electron chi connectivity index (χ2n) is 4.66. The molecule has 1 aromatic heterocycles. The van der Waals surface area contributed by atoms with E-state index in [-0.39, 0.29) is 5.69 Å². The maximum absolute atomic E-state index is 12.8. The van der Waals surface area contributed by atoms with Gasteiger partial charge in [0.05, 0.1) is 11.2 Å². The number of rotatable bonds is 2. The number of hydrogen-bond donors (Lipinski definition) is 0. The summed E-state index contributed by atoms with van der Waals surface area (Å²) in [4.78, 5) is 12.8. The van der Waals surface area contributed by atoms with Crippen LogP contribution >= 0.6 is 23.8 Å². The molecule has 2 aromatic carbocycles. The maximum Gasteiger partial charge on any atom is 0.334 e. The van der Waals surface area contributed by atoms with Gasteiger partial charge in [-0.15, -0.1) is 0 Å². The Morgan fingerprint density at radius 1 is 1.14 bits per heavy atom. The van der Waals surface area contributed by atoms with E-state index in [2.05, 4.69) is 0 Å². The van der Waals surface area contributed by atoms with Crippen molar-refractivity contribution in [2.45, 2.75) is 13.5 Å². The van der Waals surface area contributed by atoms with E-state index in [4.69, 9.17) is 23.8 Å². The molecule has 0 bridgehead atoms. The average Bonchev–Trinajstić information content (AvgIpc) is 2.48. The van der Waals surface area contributed by atoms with Crippen molar-refractivity contribution in [1.82, 2.24) is 9.13 Å². The topological polar surface area (TPSA) is 26.9 Å². The lowest BCUT2D eigenvalue weighted by Gasteiger charge is -2.14. The molecule has 0 aliphatic heterocycles. The van der Waals surface area contributed by atoms with Crippen molar-refractivity contribution in [3.63, 3.8) is 0 Å². The summed E-state index contributed by atoms with van der Waals surface area (Å²) < 4.78 is 3.79. The van der Waals surface area contributed by atoms with Crippen molar-refractivity contribution in [2.24, 2.45) is 0 Å². The monoisotopic (exact) mass is 316 g/mol. The molecular weight excluding hydrogens is 304 g/mol.